The molecule has 0 aromatic heterocycles. The van der Waals surface area contributed by atoms with Gasteiger partial charge in [0.1, 0.15) is 6.04 Å². The monoisotopic (exact) mass is 275 g/mol. The molecule has 108 valence electrons. The van der Waals surface area contributed by atoms with Gasteiger partial charge in [0.05, 0.1) is 6.04 Å². The summed E-state index contributed by atoms with van der Waals surface area (Å²) in [6.07, 6.45) is 0. The van der Waals surface area contributed by atoms with Crippen LogP contribution >= 0.6 is 0 Å². The van der Waals surface area contributed by atoms with Crippen LogP contribution in [0, 0.1) is 5.92 Å². The zero-order valence-corrected chi connectivity index (χ0v) is 12.1. The van der Waals surface area contributed by atoms with Crippen molar-refractivity contribution in [2.45, 2.75) is 25.6 Å². The third kappa shape index (κ3) is 2.54. The van der Waals surface area contributed by atoms with Crippen LogP contribution in [0.15, 0.2) is 30.3 Å². The van der Waals surface area contributed by atoms with Gasteiger partial charge in [0.25, 0.3) is 0 Å². The van der Waals surface area contributed by atoms with Gasteiger partial charge >= 0.3 is 0 Å². The standard InChI is InChI=1S/C15H21N3O2/c1-10-12(16)14(19)18(3)13(10)15(20)17(2)9-11-7-5-4-6-8-11/h4-8,10,12-13H,9,16H2,1-3H3. The molecule has 20 heavy (non-hydrogen) atoms. The van der Waals surface area contributed by atoms with Crippen LogP contribution in [-0.4, -0.2) is 47.8 Å². The van der Waals surface area contributed by atoms with Gasteiger partial charge < -0.3 is 15.5 Å². The van der Waals surface area contributed by atoms with E-state index in [4.69, 9.17) is 5.73 Å². The second-order valence-corrected chi connectivity index (χ2v) is 5.46. The number of nitrogens with two attached hydrogens (primary N) is 1. The summed E-state index contributed by atoms with van der Waals surface area (Å²) in [5.41, 5.74) is 6.89. The van der Waals surface area contributed by atoms with Gasteiger partial charge in [0.15, 0.2) is 0 Å². The first-order valence-corrected chi connectivity index (χ1v) is 6.74. The Hall–Kier alpha value is -1.88. The Bertz CT molecular complexity index is 503. The SMILES string of the molecule is CC1C(N)C(=O)N(C)C1C(=O)N(C)Cc1ccccc1. The fourth-order valence-electron chi connectivity index (χ4n) is 2.70. The number of carbonyl (C=O) groups excluding carboxylic acids is 2. The van der Waals surface area contributed by atoms with E-state index in [1.54, 1.807) is 19.0 Å². The number of hydrogen-bond acceptors (Lipinski definition) is 3. The third-order valence-electron chi connectivity index (χ3n) is 4.01. The van der Waals surface area contributed by atoms with Crippen LogP contribution in [-0.2, 0) is 16.1 Å². The Morgan fingerprint density at radius 1 is 1.35 bits per heavy atom. The van der Waals surface area contributed by atoms with Crippen molar-refractivity contribution in [1.82, 2.24) is 9.80 Å². The van der Waals surface area contributed by atoms with Gasteiger partial charge in [-0.3, -0.25) is 9.59 Å². The second kappa shape index (κ2) is 5.63. The van der Waals surface area contributed by atoms with E-state index < -0.39 is 12.1 Å². The van der Waals surface area contributed by atoms with Crippen molar-refractivity contribution < 1.29 is 9.59 Å². The molecule has 1 aliphatic rings. The van der Waals surface area contributed by atoms with Gasteiger partial charge in [0, 0.05) is 26.6 Å². The molecule has 1 fully saturated rings. The highest BCUT2D eigenvalue weighted by Gasteiger charge is 2.46. The van der Waals surface area contributed by atoms with Gasteiger partial charge in [-0.25, -0.2) is 0 Å². The Balaban J connectivity index is 2.09. The molecule has 5 heteroatoms. The highest BCUT2D eigenvalue weighted by Crippen LogP contribution is 2.24. The largest absolute Gasteiger partial charge is 0.340 e. The predicted octanol–water partition coefficient (Wildman–Crippen LogP) is 0.449. The molecular formula is C15H21N3O2. The molecule has 1 saturated heterocycles. The second-order valence-electron chi connectivity index (χ2n) is 5.46. The van der Waals surface area contributed by atoms with E-state index in [9.17, 15) is 9.59 Å². The summed E-state index contributed by atoms with van der Waals surface area (Å²) in [4.78, 5) is 27.5. The lowest BCUT2D eigenvalue weighted by atomic mass is 9.98. The Kier molecular flexibility index (Phi) is 4.09. The molecule has 0 radical (unpaired) electrons. The summed E-state index contributed by atoms with van der Waals surface area (Å²) in [6.45, 7) is 2.38. The fraction of sp³-hybridized carbons (Fsp3) is 0.467. The van der Waals surface area contributed by atoms with E-state index >= 15 is 0 Å². The Morgan fingerprint density at radius 3 is 2.45 bits per heavy atom. The molecule has 0 spiro atoms. The van der Waals surface area contributed by atoms with Crippen LogP contribution in [0.2, 0.25) is 0 Å². The van der Waals surface area contributed by atoms with Crippen LogP contribution in [0.4, 0.5) is 0 Å². The molecule has 0 saturated carbocycles. The van der Waals surface area contributed by atoms with Gasteiger partial charge in [-0.1, -0.05) is 37.3 Å². The van der Waals surface area contributed by atoms with Crippen molar-refractivity contribution in [3.8, 4) is 0 Å². The van der Waals surface area contributed by atoms with E-state index in [0.717, 1.165) is 5.56 Å². The number of amides is 2. The fourth-order valence-corrected chi connectivity index (χ4v) is 2.70. The minimum Gasteiger partial charge on any atom is -0.340 e. The van der Waals surface area contributed by atoms with Crippen LogP contribution in [0.3, 0.4) is 0 Å². The maximum Gasteiger partial charge on any atom is 0.245 e. The molecule has 1 aliphatic heterocycles. The van der Waals surface area contributed by atoms with Crippen LogP contribution in [0.5, 0.6) is 0 Å². The number of carbonyl (C=O) groups is 2. The van der Waals surface area contributed by atoms with Crippen molar-refractivity contribution in [1.29, 1.82) is 0 Å². The third-order valence-corrected chi connectivity index (χ3v) is 4.01. The lowest BCUT2D eigenvalue weighted by molar-refractivity contribution is -0.140. The lowest BCUT2D eigenvalue weighted by Crippen LogP contribution is -2.45. The van der Waals surface area contributed by atoms with Gasteiger partial charge in [-0.05, 0) is 5.56 Å². The molecule has 3 unspecified atom stereocenters. The Morgan fingerprint density at radius 2 is 1.95 bits per heavy atom. The topological polar surface area (TPSA) is 66.6 Å². The van der Waals surface area contributed by atoms with E-state index in [1.807, 2.05) is 37.3 Å². The van der Waals surface area contributed by atoms with E-state index in [0.29, 0.717) is 6.54 Å². The summed E-state index contributed by atoms with van der Waals surface area (Å²) in [5, 5.41) is 0. The van der Waals surface area contributed by atoms with Gasteiger partial charge in [0.2, 0.25) is 11.8 Å². The molecule has 2 rings (SSSR count). The highest BCUT2D eigenvalue weighted by atomic mass is 16.2. The van der Waals surface area contributed by atoms with Crippen molar-refractivity contribution in [3.63, 3.8) is 0 Å². The average molecular weight is 275 g/mol. The maximum atomic E-state index is 12.5. The summed E-state index contributed by atoms with van der Waals surface area (Å²) in [7, 11) is 3.40. The van der Waals surface area contributed by atoms with E-state index in [1.165, 1.54) is 4.90 Å². The molecule has 3 atom stereocenters. The molecule has 0 aliphatic carbocycles. The molecule has 1 aromatic carbocycles. The maximum absolute atomic E-state index is 12.5. The molecule has 5 nitrogen and oxygen atoms in total. The first-order chi connectivity index (χ1) is 9.43. The van der Waals surface area contributed by atoms with Crippen LogP contribution in [0.25, 0.3) is 0 Å². The number of benzene rings is 1. The van der Waals surface area contributed by atoms with Crippen LogP contribution in [0.1, 0.15) is 12.5 Å². The van der Waals surface area contributed by atoms with Crippen molar-refractivity contribution in [2.24, 2.45) is 11.7 Å². The summed E-state index contributed by atoms with van der Waals surface area (Å²) in [6, 6.07) is 8.72. The summed E-state index contributed by atoms with van der Waals surface area (Å²) >= 11 is 0. The zero-order valence-electron chi connectivity index (χ0n) is 12.1. The quantitative estimate of drug-likeness (QED) is 0.871. The van der Waals surface area contributed by atoms with Crippen molar-refractivity contribution in [2.75, 3.05) is 14.1 Å². The van der Waals surface area contributed by atoms with Crippen LogP contribution < -0.4 is 5.73 Å². The number of likely N-dealkylation sites (tertiary alicyclic amines) is 1. The highest BCUT2D eigenvalue weighted by molar-refractivity contribution is 5.94. The van der Waals surface area contributed by atoms with E-state index in [-0.39, 0.29) is 17.7 Å². The van der Waals surface area contributed by atoms with Crippen molar-refractivity contribution in [3.05, 3.63) is 35.9 Å². The summed E-state index contributed by atoms with van der Waals surface area (Å²) < 4.78 is 0. The minimum absolute atomic E-state index is 0.0647. The smallest absolute Gasteiger partial charge is 0.245 e. The average Bonchev–Trinajstić information content (AvgIpc) is 2.63. The lowest BCUT2D eigenvalue weighted by Gasteiger charge is -2.27. The van der Waals surface area contributed by atoms with E-state index in [2.05, 4.69) is 0 Å². The molecule has 1 heterocycles. The number of nitrogens with zero attached hydrogens (tertiary/aromatic N) is 2. The number of rotatable bonds is 3. The molecule has 2 N–H and O–H groups in total. The number of likely N-dealkylation sites (N-methyl/N-ethyl adjacent to an activating group) is 2. The van der Waals surface area contributed by atoms with Gasteiger partial charge in [-0.15, -0.1) is 0 Å². The summed E-state index contributed by atoms with van der Waals surface area (Å²) in [5.74, 6) is -0.396. The number of hydrogen-bond donors (Lipinski definition) is 1. The minimum atomic E-state index is -0.584. The molecule has 1 aromatic rings. The first kappa shape index (κ1) is 14.5. The zero-order chi connectivity index (χ0) is 14.9. The Labute approximate surface area is 119 Å². The molecule has 0 bridgehead atoms. The molecule has 2 amide bonds. The normalized spacial score (nSPS) is 25.9. The molecular weight excluding hydrogens is 254 g/mol. The van der Waals surface area contributed by atoms with Gasteiger partial charge in [-0.2, -0.15) is 0 Å². The predicted molar refractivity (Wildman–Crippen MR) is 76.6 cm³/mol. The first-order valence-electron chi connectivity index (χ1n) is 6.74. The van der Waals surface area contributed by atoms with Crippen molar-refractivity contribution >= 4 is 11.8 Å².